The molecule has 0 bridgehead atoms. The number of ketones is 1. The average molecular weight is 390 g/mol. The zero-order chi connectivity index (χ0) is 17.6. The van der Waals surface area contributed by atoms with Crippen LogP contribution in [0, 0.1) is 5.41 Å². The van der Waals surface area contributed by atoms with E-state index in [1.807, 2.05) is 12.1 Å². The molecule has 0 spiro atoms. The van der Waals surface area contributed by atoms with Crippen LogP contribution in [0.3, 0.4) is 0 Å². The Bertz CT molecular complexity index is 658. The molecule has 1 N–H and O–H groups in total. The number of ether oxygens (including phenoxy) is 1. The molecule has 0 aliphatic carbocycles. The molecule has 4 heteroatoms. The summed E-state index contributed by atoms with van der Waals surface area (Å²) in [6.45, 7) is 11.2. The molecular formula is C20H24BrNO2. The van der Waals surface area contributed by atoms with Gasteiger partial charge in [-0.2, -0.15) is 0 Å². The molecule has 1 aromatic carbocycles. The molecule has 2 rings (SSSR count). The minimum atomic E-state index is -0.292. The first-order chi connectivity index (χ1) is 11.5. The summed E-state index contributed by atoms with van der Waals surface area (Å²) in [6, 6.07) is 5.52. The fraction of sp³-hybridized carbons (Fsp3) is 0.350. The summed E-state index contributed by atoms with van der Waals surface area (Å²) in [7, 11) is 0. The molecule has 0 amide bonds. The lowest BCUT2D eigenvalue weighted by Gasteiger charge is -2.26. The largest absolute Gasteiger partial charge is 0.457 e. The Balaban J connectivity index is 2.26. The minimum absolute atomic E-state index is 0.193. The SMILES string of the molecule is C=C/C=C\C(=C)Oc1cc(C(=O)C2(CCC)CCNC2)ccc1Br. The molecule has 1 unspecified atom stereocenters. The Morgan fingerprint density at radius 2 is 2.29 bits per heavy atom. The van der Waals surface area contributed by atoms with Crippen LogP contribution in [0.1, 0.15) is 36.5 Å². The zero-order valence-electron chi connectivity index (χ0n) is 14.1. The van der Waals surface area contributed by atoms with E-state index < -0.39 is 0 Å². The van der Waals surface area contributed by atoms with E-state index >= 15 is 0 Å². The molecule has 1 saturated heterocycles. The summed E-state index contributed by atoms with van der Waals surface area (Å²) in [5, 5.41) is 3.34. The Hall–Kier alpha value is -1.65. The number of benzene rings is 1. The summed E-state index contributed by atoms with van der Waals surface area (Å²) in [4.78, 5) is 13.1. The first-order valence-electron chi connectivity index (χ1n) is 8.23. The zero-order valence-corrected chi connectivity index (χ0v) is 15.7. The van der Waals surface area contributed by atoms with Gasteiger partial charge in [-0.15, -0.1) is 0 Å². The Morgan fingerprint density at radius 1 is 1.50 bits per heavy atom. The van der Waals surface area contributed by atoms with E-state index in [1.54, 1.807) is 24.3 Å². The highest BCUT2D eigenvalue weighted by Gasteiger charge is 2.40. The van der Waals surface area contributed by atoms with Crippen molar-refractivity contribution in [2.75, 3.05) is 13.1 Å². The maximum atomic E-state index is 13.1. The van der Waals surface area contributed by atoms with Gasteiger partial charge in [-0.3, -0.25) is 4.79 Å². The van der Waals surface area contributed by atoms with Gasteiger partial charge in [0.25, 0.3) is 0 Å². The number of hydrogen-bond acceptors (Lipinski definition) is 3. The summed E-state index contributed by atoms with van der Waals surface area (Å²) in [5.41, 5.74) is 0.394. The highest BCUT2D eigenvalue weighted by atomic mass is 79.9. The van der Waals surface area contributed by atoms with Crippen LogP contribution in [0.4, 0.5) is 0 Å². The third-order valence-electron chi connectivity index (χ3n) is 4.31. The van der Waals surface area contributed by atoms with E-state index in [4.69, 9.17) is 4.74 Å². The lowest BCUT2D eigenvalue weighted by Crippen LogP contribution is -2.33. The molecule has 24 heavy (non-hydrogen) atoms. The summed E-state index contributed by atoms with van der Waals surface area (Å²) in [5.74, 6) is 1.28. The van der Waals surface area contributed by atoms with Gasteiger partial charge < -0.3 is 10.1 Å². The third-order valence-corrected chi connectivity index (χ3v) is 4.96. The van der Waals surface area contributed by atoms with Crippen molar-refractivity contribution in [3.63, 3.8) is 0 Å². The second kappa shape index (κ2) is 8.45. The van der Waals surface area contributed by atoms with Gasteiger partial charge in [0.2, 0.25) is 0 Å². The standard InChI is InChI=1S/C20H24BrNO2/c1-4-6-7-15(3)24-18-13-16(8-9-17(18)21)19(23)20(10-5-2)11-12-22-14-20/h4,6-9,13,22H,1,3,5,10-12,14H2,2H3/b7-6-. The Kier molecular flexibility index (Phi) is 6.58. The monoisotopic (exact) mass is 389 g/mol. The number of nitrogens with one attached hydrogen (secondary N) is 1. The van der Waals surface area contributed by atoms with E-state index in [0.29, 0.717) is 17.1 Å². The van der Waals surface area contributed by atoms with Gasteiger partial charge in [-0.1, -0.05) is 38.7 Å². The van der Waals surface area contributed by atoms with Gasteiger partial charge in [0.1, 0.15) is 11.5 Å². The number of rotatable bonds is 8. The van der Waals surface area contributed by atoms with Gasteiger partial charge >= 0.3 is 0 Å². The van der Waals surface area contributed by atoms with Crippen LogP contribution in [-0.4, -0.2) is 18.9 Å². The highest BCUT2D eigenvalue weighted by molar-refractivity contribution is 9.10. The maximum Gasteiger partial charge on any atom is 0.170 e. The normalized spacial score (nSPS) is 20.2. The summed E-state index contributed by atoms with van der Waals surface area (Å²) >= 11 is 3.47. The van der Waals surface area contributed by atoms with Gasteiger partial charge in [0.15, 0.2) is 5.78 Å². The molecule has 0 saturated carbocycles. The van der Waals surface area contributed by atoms with Gasteiger partial charge in [-0.05, 0) is 59.6 Å². The van der Waals surface area contributed by atoms with E-state index in [2.05, 4.69) is 41.3 Å². The number of Topliss-reactive ketones (excluding diaryl/α,β-unsaturated/α-hetero) is 1. The average Bonchev–Trinajstić information content (AvgIpc) is 3.04. The van der Waals surface area contributed by atoms with Crippen molar-refractivity contribution in [3.05, 3.63) is 65.4 Å². The summed E-state index contributed by atoms with van der Waals surface area (Å²) < 4.78 is 6.54. The van der Waals surface area contributed by atoms with Crippen molar-refractivity contribution >= 4 is 21.7 Å². The van der Waals surface area contributed by atoms with Crippen molar-refractivity contribution < 1.29 is 9.53 Å². The van der Waals surface area contributed by atoms with Crippen LogP contribution in [0.15, 0.2) is 59.8 Å². The number of carbonyl (C=O) groups excluding carboxylic acids is 1. The van der Waals surface area contributed by atoms with Crippen LogP contribution in [-0.2, 0) is 0 Å². The van der Waals surface area contributed by atoms with Crippen LogP contribution < -0.4 is 10.1 Å². The molecule has 1 atom stereocenters. The second-order valence-electron chi connectivity index (χ2n) is 6.09. The van der Waals surface area contributed by atoms with E-state index in [0.717, 1.165) is 36.8 Å². The summed E-state index contributed by atoms with van der Waals surface area (Å²) in [6.07, 6.45) is 7.93. The lowest BCUT2D eigenvalue weighted by molar-refractivity contribution is 0.0801. The van der Waals surface area contributed by atoms with Crippen molar-refractivity contribution in [2.45, 2.75) is 26.2 Å². The van der Waals surface area contributed by atoms with Crippen LogP contribution in [0.5, 0.6) is 5.75 Å². The van der Waals surface area contributed by atoms with E-state index in [-0.39, 0.29) is 11.2 Å². The second-order valence-corrected chi connectivity index (χ2v) is 6.95. The number of carbonyl (C=O) groups is 1. The van der Waals surface area contributed by atoms with Crippen molar-refractivity contribution in [2.24, 2.45) is 5.41 Å². The topological polar surface area (TPSA) is 38.3 Å². The molecule has 3 nitrogen and oxygen atoms in total. The van der Waals surface area contributed by atoms with Gasteiger partial charge in [-0.25, -0.2) is 0 Å². The van der Waals surface area contributed by atoms with E-state index in [9.17, 15) is 4.79 Å². The first kappa shape index (κ1) is 18.7. The van der Waals surface area contributed by atoms with Crippen LogP contribution in [0.25, 0.3) is 0 Å². The molecule has 1 aromatic rings. The number of halogens is 1. The molecular weight excluding hydrogens is 366 g/mol. The van der Waals surface area contributed by atoms with Crippen molar-refractivity contribution in [1.82, 2.24) is 5.32 Å². The fourth-order valence-corrected chi connectivity index (χ4v) is 3.45. The molecule has 0 radical (unpaired) electrons. The number of allylic oxidation sites excluding steroid dienone is 3. The Labute approximate surface area is 152 Å². The molecule has 1 heterocycles. The molecule has 0 aromatic heterocycles. The number of hydrogen-bond donors (Lipinski definition) is 1. The van der Waals surface area contributed by atoms with Gasteiger partial charge in [0.05, 0.1) is 4.47 Å². The smallest absolute Gasteiger partial charge is 0.170 e. The first-order valence-corrected chi connectivity index (χ1v) is 9.02. The van der Waals surface area contributed by atoms with Crippen molar-refractivity contribution in [3.8, 4) is 5.75 Å². The van der Waals surface area contributed by atoms with Gasteiger partial charge in [0, 0.05) is 17.5 Å². The Morgan fingerprint density at radius 3 is 2.92 bits per heavy atom. The quantitative estimate of drug-likeness (QED) is 0.384. The highest BCUT2D eigenvalue weighted by Crippen LogP contribution is 2.37. The maximum absolute atomic E-state index is 13.1. The molecule has 1 aliphatic heterocycles. The predicted octanol–water partition coefficient (Wildman–Crippen LogP) is 5.05. The fourth-order valence-electron chi connectivity index (χ4n) is 3.12. The van der Waals surface area contributed by atoms with Crippen LogP contribution >= 0.6 is 15.9 Å². The van der Waals surface area contributed by atoms with E-state index in [1.165, 1.54) is 0 Å². The van der Waals surface area contributed by atoms with Crippen molar-refractivity contribution in [1.29, 1.82) is 0 Å². The minimum Gasteiger partial charge on any atom is -0.457 e. The third kappa shape index (κ3) is 4.25. The molecule has 1 aliphatic rings. The molecule has 1 fully saturated rings. The van der Waals surface area contributed by atoms with Crippen LogP contribution in [0.2, 0.25) is 0 Å². The molecule has 128 valence electrons. The predicted molar refractivity (Wildman–Crippen MR) is 102 cm³/mol. The lowest BCUT2D eigenvalue weighted by atomic mass is 9.76.